The fourth-order valence-corrected chi connectivity index (χ4v) is 3.18. The summed E-state index contributed by atoms with van der Waals surface area (Å²) in [6.07, 6.45) is 4.85. The highest BCUT2D eigenvalue weighted by Crippen LogP contribution is 2.30. The Morgan fingerprint density at radius 2 is 2.04 bits per heavy atom. The van der Waals surface area contributed by atoms with Gasteiger partial charge in [0.05, 0.1) is 4.92 Å². The molecule has 0 spiro atoms. The van der Waals surface area contributed by atoms with Crippen molar-refractivity contribution in [2.45, 2.75) is 13.0 Å². The Bertz CT molecular complexity index is 974. The SMILES string of the molecule is Nc1nc(NCCCn2ccc(-c3ccc(Cl)cc3Cl)c2)ccc1[N+](=O)[O-]. The molecule has 0 amide bonds. The molecule has 0 unspecified atom stereocenters. The number of nitrogens with zero attached hydrogens (tertiary/aromatic N) is 3. The van der Waals surface area contributed by atoms with Crippen molar-refractivity contribution >= 4 is 40.5 Å². The minimum absolute atomic E-state index is 0.0973. The second kappa shape index (κ2) is 8.28. The van der Waals surface area contributed by atoms with E-state index < -0.39 is 4.92 Å². The minimum Gasteiger partial charge on any atom is -0.378 e. The molecule has 1 aromatic carbocycles. The number of anilines is 2. The van der Waals surface area contributed by atoms with Crippen LogP contribution in [-0.4, -0.2) is 21.0 Å². The molecule has 140 valence electrons. The molecular formula is C18H17Cl2N5O2. The summed E-state index contributed by atoms with van der Waals surface area (Å²) in [6.45, 7) is 1.44. The van der Waals surface area contributed by atoms with Gasteiger partial charge in [0.25, 0.3) is 0 Å². The molecule has 3 aromatic rings. The van der Waals surface area contributed by atoms with E-state index in [1.807, 2.05) is 30.6 Å². The Kier molecular flexibility index (Phi) is 5.83. The largest absolute Gasteiger partial charge is 0.378 e. The summed E-state index contributed by atoms with van der Waals surface area (Å²) >= 11 is 12.2. The van der Waals surface area contributed by atoms with Crippen molar-refractivity contribution in [3.63, 3.8) is 0 Å². The molecule has 7 nitrogen and oxygen atoms in total. The standard InChI is InChI=1S/C18H17Cl2N5O2/c19-13-2-3-14(15(20)10-13)12-6-9-24(11-12)8-1-7-22-17-5-4-16(25(26)27)18(21)23-17/h2-6,9-11H,1,7-8H2,(H3,21,22,23). The van der Waals surface area contributed by atoms with Gasteiger partial charge in [-0.15, -0.1) is 0 Å². The summed E-state index contributed by atoms with van der Waals surface area (Å²) in [7, 11) is 0. The van der Waals surface area contributed by atoms with E-state index >= 15 is 0 Å². The van der Waals surface area contributed by atoms with E-state index in [1.54, 1.807) is 12.1 Å². The zero-order valence-electron chi connectivity index (χ0n) is 14.2. The summed E-state index contributed by atoms with van der Waals surface area (Å²) in [5, 5.41) is 15.1. The van der Waals surface area contributed by atoms with Crippen molar-refractivity contribution in [1.29, 1.82) is 0 Å². The first-order chi connectivity index (χ1) is 12.9. The number of rotatable bonds is 7. The van der Waals surface area contributed by atoms with Crippen LogP contribution >= 0.6 is 23.2 Å². The zero-order valence-corrected chi connectivity index (χ0v) is 15.7. The van der Waals surface area contributed by atoms with Gasteiger partial charge in [0, 0.05) is 52.7 Å². The molecule has 2 aromatic heterocycles. The molecule has 0 radical (unpaired) electrons. The van der Waals surface area contributed by atoms with E-state index in [4.69, 9.17) is 28.9 Å². The molecule has 0 saturated carbocycles. The third-order valence-electron chi connectivity index (χ3n) is 3.99. The molecule has 0 aliphatic heterocycles. The molecule has 27 heavy (non-hydrogen) atoms. The Balaban J connectivity index is 1.53. The first kappa shape index (κ1) is 19.0. The van der Waals surface area contributed by atoms with Gasteiger partial charge >= 0.3 is 5.69 Å². The molecule has 0 saturated heterocycles. The molecule has 0 fully saturated rings. The lowest BCUT2D eigenvalue weighted by atomic mass is 10.1. The lowest BCUT2D eigenvalue weighted by Crippen LogP contribution is -2.08. The van der Waals surface area contributed by atoms with Crippen molar-refractivity contribution < 1.29 is 4.92 Å². The number of benzene rings is 1. The number of hydrogen-bond donors (Lipinski definition) is 2. The maximum absolute atomic E-state index is 10.7. The predicted octanol–water partition coefficient (Wildman–Crippen LogP) is 4.85. The summed E-state index contributed by atoms with van der Waals surface area (Å²) in [5.74, 6) is 0.416. The first-order valence-corrected chi connectivity index (χ1v) is 8.95. The number of nitrogens with one attached hydrogen (secondary N) is 1. The van der Waals surface area contributed by atoms with Crippen LogP contribution in [0.5, 0.6) is 0 Å². The molecular weight excluding hydrogens is 389 g/mol. The number of nitro groups is 1. The molecule has 3 rings (SSSR count). The highest BCUT2D eigenvalue weighted by molar-refractivity contribution is 6.36. The van der Waals surface area contributed by atoms with E-state index in [2.05, 4.69) is 14.9 Å². The van der Waals surface area contributed by atoms with E-state index in [0.29, 0.717) is 22.4 Å². The average Bonchev–Trinajstić information content (AvgIpc) is 3.07. The molecule has 9 heteroatoms. The van der Waals surface area contributed by atoms with E-state index in [-0.39, 0.29) is 11.5 Å². The third kappa shape index (κ3) is 4.69. The van der Waals surface area contributed by atoms with Crippen LogP contribution < -0.4 is 11.1 Å². The lowest BCUT2D eigenvalue weighted by molar-refractivity contribution is -0.384. The van der Waals surface area contributed by atoms with Gasteiger partial charge in [0.1, 0.15) is 5.82 Å². The van der Waals surface area contributed by atoms with Crippen LogP contribution in [0.4, 0.5) is 17.3 Å². The van der Waals surface area contributed by atoms with Gasteiger partial charge in [-0.05, 0) is 30.7 Å². The fourth-order valence-electron chi connectivity index (χ4n) is 2.66. The van der Waals surface area contributed by atoms with Gasteiger partial charge < -0.3 is 15.6 Å². The number of pyridine rings is 1. The Morgan fingerprint density at radius 3 is 2.74 bits per heavy atom. The maximum atomic E-state index is 10.7. The minimum atomic E-state index is -0.553. The Hall–Kier alpha value is -2.77. The number of nitrogen functional groups attached to an aromatic ring is 1. The molecule has 0 atom stereocenters. The molecule has 0 bridgehead atoms. The van der Waals surface area contributed by atoms with Gasteiger partial charge in [0.2, 0.25) is 5.82 Å². The smallest absolute Gasteiger partial charge is 0.311 e. The highest BCUT2D eigenvalue weighted by Gasteiger charge is 2.12. The first-order valence-electron chi connectivity index (χ1n) is 8.20. The van der Waals surface area contributed by atoms with Crippen LogP contribution in [0.25, 0.3) is 11.1 Å². The average molecular weight is 406 g/mol. The Morgan fingerprint density at radius 1 is 1.22 bits per heavy atom. The van der Waals surface area contributed by atoms with Gasteiger partial charge in [0.15, 0.2) is 0 Å². The molecule has 0 aliphatic rings. The topological polar surface area (TPSA) is 99.0 Å². The molecule has 0 aliphatic carbocycles. The lowest BCUT2D eigenvalue weighted by Gasteiger charge is -2.07. The van der Waals surface area contributed by atoms with Crippen LogP contribution in [-0.2, 0) is 6.54 Å². The summed E-state index contributed by atoms with van der Waals surface area (Å²) in [4.78, 5) is 14.2. The molecule has 3 N–H and O–H groups in total. The van der Waals surface area contributed by atoms with Gasteiger partial charge in [-0.2, -0.15) is 0 Å². The van der Waals surface area contributed by atoms with Crippen molar-refractivity contribution in [1.82, 2.24) is 9.55 Å². The molecule has 2 heterocycles. The number of aryl methyl sites for hydroxylation is 1. The van der Waals surface area contributed by atoms with Gasteiger partial charge in [-0.25, -0.2) is 4.98 Å². The van der Waals surface area contributed by atoms with Crippen LogP contribution in [0.15, 0.2) is 48.8 Å². The quantitative estimate of drug-likeness (QED) is 0.332. The number of halogens is 2. The third-order valence-corrected chi connectivity index (χ3v) is 4.54. The van der Waals surface area contributed by atoms with Crippen molar-refractivity contribution in [3.8, 4) is 11.1 Å². The Labute approximate surface area is 165 Å². The van der Waals surface area contributed by atoms with E-state index in [0.717, 1.165) is 24.1 Å². The van der Waals surface area contributed by atoms with Crippen LogP contribution in [0.2, 0.25) is 10.0 Å². The van der Waals surface area contributed by atoms with Gasteiger partial charge in [-0.1, -0.05) is 29.3 Å². The van der Waals surface area contributed by atoms with Crippen molar-refractivity contribution in [3.05, 3.63) is 69.0 Å². The van der Waals surface area contributed by atoms with Crippen LogP contribution in [0.3, 0.4) is 0 Å². The maximum Gasteiger partial charge on any atom is 0.311 e. The van der Waals surface area contributed by atoms with Gasteiger partial charge in [-0.3, -0.25) is 10.1 Å². The number of nitrogens with two attached hydrogens (primary N) is 1. The second-order valence-electron chi connectivity index (χ2n) is 5.90. The zero-order chi connectivity index (χ0) is 19.4. The monoisotopic (exact) mass is 405 g/mol. The van der Waals surface area contributed by atoms with Crippen LogP contribution in [0.1, 0.15) is 6.42 Å². The van der Waals surface area contributed by atoms with Crippen LogP contribution in [0, 0.1) is 10.1 Å². The predicted molar refractivity (Wildman–Crippen MR) is 108 cm³/mol. The number of aromatic nitrogens is 2. The number of hydrogen-bond acceptors (Lipinski definition) is 5. The highest BCUT2D eigenvalue weighted by atomic mass is 35.5. The second-order valence-corrected chi connectivity index (χ2v) is 6.74. The van der Waals surface area contributed by atoms with Crippen molar-refractivity contribution in [2.24, 2.45) is 0 Å². The van der Waals surface area contributed by atoms with Crippen molar-refractivity contribution in [2.75, 3.05) is 17.6 Å². The summed E-state index contributed by atoms with van der Waals surface area (Å²) in [6, 6.07) is 10.3. The summed E-state index contributed by atoms with van der Waals surface area (Å²) < 4.78 is 2.07. The van der Waals surface area contributed by atoms with E-state index in [1.165, 1.54) is 6.07 Å². The van der Waals surface area contributed by atoms with E-state index in [9.17, 15) is 10.1 Å². The fraction of sp³-hybridized carbons (Fsp3) is 0.167. The summed E-state index contributed by atoms with van der Waals surface area (Å²) in [5.41, 5.74) is 7.34. The normalized spacial score (nSPS) is 10.7.